The molecule has 6 heteroatoms. The standard InChI is InChI=1S/C13H26N2O3S/c1-4-9-15(10-12-7-5-6-8-14-12)13(16)11(2)19(3,17)18/h11-12,14H,4-10H2,1-3H3. The maximum absolute atomic E-state index is 12.3. The molecule has 1 N–H and O–H groups in total. The van der Waals surface area contributed by atoms with Crippen LogP contribution in [0.15, 0.2) is 0 Å². The molecule has 0 aromatic carbocycles. The van der Waals surface area contributed by atoms with Crippen LogP contribution >= 0.6 is 0 Å². The topological polar surface area (TPSA) is 66.5 Å². The van der Waals surface area contributed by atoms with E-state index in [2.05, 4.69) is 5.32 Å². The van der Waals surface area contributed by atoms with Crippen molar-refractivity contribution in [3.05, 3.63) is 0 Å². The van der Waals surface area contributed by atoms with Gasteiger partial charge in [0.05, 0.1) is 0 Å². The molecular formula is C13H26N2O3S. The largest absolute Gasteiger partial charge is 0.340 e. The van der Waals surface area contributed by atoms with Crippen LogP contribution in [0.1, 0.15) is 39.5 Å². The third-order valence-corrected chi connectivity index (χ3v) is 5.13. The molecule has 1 aliphatic rings. The number of nitrogens with one attached hydrogen (secondary N) is 1. The molecule has 0 spiro atoms. The summed E-state index contributed by atoms with van der Waals surface area (Å²) in [6.45, 7) is 5.71. The molecule has 19 heavy (non-hydrogen) atoms. The second-order valence-corrected chi connectivity index (χ2v) is 7.77. The molecule has 0 radical (unpaired) electrons. The first-order chi connectivity index (χ1) is 8.86. The van der Waals surface area contributed by atoms with E-state index in [1.54, 1.807) is 4.90 Å². The smallest absolute Gasteiger partial charge is 0.240 e. The summed E-state index contributed by atoms with van der Waals surface area (Å²) in [5, 5.41) is 2.46. The molecular weight excluding hydrogens is 264 g/mol. The van der Waals surface area contributed by atoms with Gasteiger partial charge in [0.25, 0.3) is 0 Å². The first kappa shape index (κ1) is 16.4. The van der Waals surface area contributed by atoms with Crippen LogP contribution in [-0.2, 0) is 14.6 Å². The number of amides is 1. The zero-order chi connectivity index (χ0) is 14.5. The minimum Gasteiger partial charge on any atom is -0.340 e. The Morgan fingerprint density at radius 1 is 1.42 bits per heavy atom. The van der Waals surface area contributed by atoms with Crippen LogP contribution in [0, 0.1) is 0 Å². The van der Waals surface area contributed by atoms with Crippen molar-refractivity contribution in [3.63, 3.8) is 0 Å². The summed E-state index contributed by atoms with van der Waals surface area (Å²) in [4.78, 5) is 14.0. The van der Waals surface area contributed by atoms with Gasteiger partial charge in [0.15, 0.2) is 9.84 Å². The second kappa shape index (κ2) is 7.24. The number of nitrogens with zero attached hydrogens (tertiary/aromatic N) is 1. The van der Waals surface area contributed by atoms with Crippen LogP contribution in [0.25, 0.3) is 0 Å². The van der Waals surface area contributed by atoms with Crippen molar-refractivity contribution in [3.8, 4) is 0 Å². The van der Waals surface area contributed by atoms with E-state index >= 15 is 0 Å². The quantitative estimate of drug-likeness (QED) is 0.786. The molecule has 0 bridgehead atoms. The Labute approximate surface area is 116 Å². The lowest BCUT2D eigenvalue weighted by atomic mass is 10.0. The maximum atomic E-state index is 12.3. The minimum atomic E-state index is -3.32. The fraction of sp³-hybridized carbons (Fsp3) is 0.923. The summed E-state index contributed by atoms with van der Waals surface area (Å²) < 4.78 is 23.0. The monoisotopic (exact) mass is 290 g/mol. The number of carbonyl (C=O) groups is 1. The van der Waals surface area contributed by atoms with Crippen LogP contribution in [0.2, 0.25) is 0 Å². The molecule has 0 aromatic heterocycles. The van der Waals surface area contributed by atoms with Crippen molar-refractivity contribution >= 4 is 15.7 Å². The van der Waals surface area contributed by atoms with Gasteiger partial charge in [-0.2, -0.15) is 0 Å². The van der Waals surface area contributed by atoms with Crippen molar-refractivity contribution in [1.29, 1.82) is 0 Å². The molecule has 1 amide bonds. The third-order valence-electron chi connectivity index (χ3n) is 3.65. The maximum Gasteiger partial charge on any atom is 0.240 e. The third kappa shape index (κ3) is 5.10. The molecule has 2 atom stereocenters. The Balaban J connectivity index is 2.67. The lowest BCUT2D eigenvalue weighted by Gasteiger charge is -2.31. The predicted molar refractivity (Wildman–Crippen MR) is 76.8 cm³/mol. The van der Waals surface area contributed by atoms with E-state index < -0.39 is 15.1 Å². The average molecular weight is 290 g/mol. The number of hydrogen-bond acceptors (Lipinski definition) is 4. The minimum absolute atomic E-state index is 0.267. The van der Waals surface area contributed by atoms with Gasteiger partial charge in [-0.05, 0) is 32.7 Å². The van der Waals surface area contributed by atoms with E-state index in [1.165, 1.54) is 19.8 Å². The lowest BCUT2D eigenvalue weighted by Crippen LogP contribution is -2.49. The molecule has 2 unspecified atom stereocenters. The Morgan fingerprint density at radius 3 is 2.58 bits per heavy atom. The Bertz CT molecular complexity index is 389. The van der Waals surface area contributed by atoms with Crippen LogP contribution in [0.3, 0.4) is 0 Å². The number of carbonyl (C=O) groups excluding carboxylic acids is 1. The zero-order valence-corrected chi connectivity index (χ0v) is 13.0. The van der Waals surface area contributed by atoms with E-state index in [0.29, 0.717) is 19.1 Å². The van der Waals surface area contributed by atoms with Crippen molar-refractivity contribution in [2.75, 3.05) is 25.9 Å². The van der Waals surface area contributed by atoms with Crippen LogP contribution < -0.4 is 5.32 Å². The zero-order valence-electron chi connectivity index (χ0n) is 12.2. The summed E-state index contributed by atoms with van der Waals surface area (Å²) in [5.74, 6) is -0.267. The van der Waals surface area contributed by atoms with Crippen molar-refractivity contribution < 1.29 is 13.2 Å². The van der Waals surface area contributed by atoms with Gasteiger partial charge in [0, 0.05) is 25.4 Å². The second-order valence-electron chi connectivity index (χ2n) is 5.40. The van der Waals surface area contributed by atoms with Gasteiger partial charge in [0.1, 0.15) is 5.25 Å². The number of hydrogen-bond donors (Lipinski definition) is 1. The normalized spacial score (nSPS) is 21.9. The van der Waals surface area contributed by atoms with Crippen molar-refractivity contribution in [2.45, 2.75) is 50.8 Å². The summed E-state index contributed by atoms with van der Waals surface area (Å²) in [6, 6.07) is 0.302. The number of sulfone groups is 1. The van der Waals surface area contributed by atoms with E-state index in [4.69, 9.17) is 0 Å². The summed E-state index contributed by atoms with van der Waals surface area (Å²) in [5.41, 5.74) is 0. The molecule has 1 aliphatic heterocycles. The highest BCUT2D eigenvalue weighted by atomic mass is 32.2. The van der Waals surface area contributed by atoms with E-state index in [1.807, 2.05) is 6.92 Å². The highest BCUT2D eigenvalue weighted by Gasteiger charge is 2.29. The highest BCUT2D eigenvalue weighted by Crippen LogP contribution is 2.11. The molecule has 0 aliphatic carbocycles. The van der Waals surface area contributed by atoms with E-state index in [0.717, 1.165) is 25.6 Å². The molecule has 112 valence electrons. The molecule has 1 saturated heterocycles. The van der Waals surface area contributed by atoms with Gasteiger partial charge in [-0.3, -0.25) is 4.79 Å². The van der Waals surface area contributed by atoms with Gasteiger partial charge in [0.2, 0.25) is 5.91 Å². The van der Waals surface area contributed by atoms with Crippen LogP contribution in [0.4, 0.5) is 0 Å². The summed E-state index contributed by atoms with van der Waals surface area (Å²) in [7, 11) is -3.32. The van der Waals surface area contributed by atoms with Gasteiger partial charge < -0.3 is 10.2 Å². The Hall–Kier alpha value is -0.620. The number of rotatable bonds is 6. The molecule has 0 aromatic rings. The first-order valence-electron chi connectivity index (χ1n) is 7.07. The van der Waals surface area contributed by atoms with E-state index in [-0.39, 0.29) is 5.91 Å². The average Bonchev–Trinajstić information content (AvgIpc) is 2.36. The molecule has 5 nitrogen and oxygen atoms in total. The van der Waals surface area contributed by atoms with Crippen LogP contribution in [0.5, 0.6) is 0 Å². The fourth-order valence-electron chi connectivity index (χ4n) is 2.35. The molecule has 0 saturated carbocycles. The number of piperidine rings is 1. The fourth-order valence-corrected chi connectivity index (χ4v) is 2.86. The molecule has 1 rings (SSSR count). The predicted octanol–water partition coefficient (Wildman–Crippen LogP) is 0.800. The van der Waals surface area contributed by atoms with Crippen LogP contribution in [-0.4, -0.2) is 56.4 Å². The molecule has 1 fully saturated rings. The summed E-state index contributed by atoms with van der Waals surface area (Å²) >= 11 is 0. The Morgan fingerprint density at radius 2 is 2.11 bits per heavy atom. The van der Waals surface area contributed by atoms with Crippen molar-refractivity contribution in [2.24, 2.45) is 0 Å². The van der Waals surface area contributed by atoms with Gasteiger partial charge >= 0.3 is 0 Å². The SMILES string of the molecule is CCCN(CC1CCCCN1)C(=O)C(C)S(C)(=O)=O. The van der Waals surface area contributed by atoms with Gasteiger partial charge in [-0.15, -0.1) is 0 Å². The Kier molecular flexibility index (Phi) is 6.26. The van der Waals surface area contributed by atoms with Gasteiger partial charge in [-0.1, -0.05) is 13.3 Å². The highest BCUT2D eigenvalue weighted by molar-refractivity contribution is 7.92. The lowest BCUT2D eigenvalue weighted by molar-refractivity contribution is -0.130. The van der Waals surface area contributed by atoms with Gasteiger partial charge in [-0.25, -0.2) is 8.42 Å². The summed E-state index contributed by atoms with van der Waals surface area (Å²) in [6.07, 6.45) is 5.37. The molecule has 1 heterocycles. The van der Waals surface area contributed by atoms with Crippen molar-refractivity contribution in [1.82, 2.24) is 10.2 Å². The van der Waals surface area contributed by atoms with E-state index in [9.17, 15) is 13.2 Å². The first-order valence-corrected chi connectivity index (χ1v) is 9.02.